The number of nitrogens with one attached hydrogen (secondary N) is 4. The molecule has 0 aliphatic carbocycles. The maximum Gasteiger partial charge on any atom is 0.220 e. The summed E-state index contributed by atoms with van der Waals surface area (Å²) in [6, 6.07) is 0. The minimum atomic E-state index is -1.51. The van der Waals surface area contributed by atoms with Gasteiger partial charge in [-0.25, -0.2) is 0 Å². The van der Waals surface area contributed by atoms with Crippen molar-refractivity contribution in [3.63, 3.8) is 0 Å². The second-order valence-corrected chi connectivity index (χ2v) is 21.8. The summed E-state index contributed by atoms with van der Waals surface area (Å²) in [4.78, 5) is 101. The molecule has 0 rings (SSSR count). The van der Waals surface area contributed by atoms with E-state index in [1.54, 1.807) is 0 Å². The summed E-state index contributed by atoms with van der Waals surface area (Å²) in [5.41, 5.74) is 22.1. The first-order valence-electron chi connectivity index (χ1n) is 21.2. The Balaban J connectivity index is 5.64. The lowest BCUT2D eigenvalue weighted by Crippen LogP contribution is -2.41. The second-order valence-electron chi connectivity index (χ2n) is 14.9. The first kappa shape index (κ1) is 59.1. The molecule has 24 heteroatoms. The van der Waals surface area contributed by atoms with E-state index in [-0.39, 0.29) is 49.3 Å². The van der Waals surface area contributed by atoms with E-state index in [9.17, 15) is 38.8 Å². The lowest BCUT2D eigenvalue weighted by atomic mass is 10.4. The minimum Gasteiger partial charge on any atom is -0.372 e. The summed E-state index contributed by atoms with van der Waals surface area (Å²) in [6.45, 7) is 7.39. The van der Waals surface area contributed by atoms with Crippen molar-refractivity contribution >= 4 is 56.2 Å². The molecule has 0 radical (unpaired) electrons. The van der Waals surface area contributed by atoms with Crippen LogP contribution in [0.3, 0.4) is 0 Å². The zero-order chi connectivity index (χ0) is 45.0. The molecule has 20 nitrogen and oxygen atoms in total. The summed E-state index contributed by atoms with van der Waals surface area (Å²) in [5, 5.41) is 11.3. The van der Waals surface area contributed by atoms with Gasteiger partial charge in [0, 0.05) is 174 Å². The molecule has 0 saturated heterocycles. The molecular weight excluding hydrogens is 852 g/mol. The van der Waals surface area contributed by atoms with E-state index >= 15 is 0 Å². The van der Waals surface area contributed by atoms with Crippen LogP contribution in [-0.2, 0) is 19.2 Å². The fourth-order valence-corrected chi connectivity index (χ4v) is 10.7. The fourth-order valence-electron chi connectivity index (χ4n) is 5.45. The molecular formula is C36H82N12O8P4. The van der Waals surface area contributed by atoms with Crippen LogP contribution in [0.2, 0.25) is 0 Å². The molecule has 4 atom stereocenters. The molecule has 0 aromatic rings. The molecule has 0 spiro atoms. The van der Waals surface area contributed by atoms with E-state index in [0.29, 0.717) is 167 Å². The van der Waals surface area contributed by atoms with Gasteiger partial charge in [-0.3, -0.25) is 38.8 Å². The maximum absolute atomic E-state index is 12.4. The van der Waals surface area contributed by atoms with Gasteiger partial charge in [0.2, 0.25) is 23.6 Å². The third kappa shape index (κ3) is 36.6. The number of hydrogen-bond acceptors (Lipinski definition) is 16. The predicted octanol–water partition coefficient (Wildman–Crippen LogP) is -1.74. The van der Waals surface area contributed by atoms with Gasteiger partial charge in [0.15, 0.2) is 0 Å². The van der Waals surface area contributed by atoms with Gasteiger partial charge in [-0.2, -0.15) is 0 Å². The van der Waals surface area contributed by atoms with Gasteiger partial charge in [0.25, 0.3) is 0 Å². The highest BCUT2D eigenvalue weighted by molar-refractivity contribution is 7.52. The van der Waals surface area contributed by atoms with Crippen LogP contribution in [0.4, 0.5) is 0 Å². The first-order valence-corrected chi connectivity index (χ1v) is 27.8. The molecule has 354 valence electrons. The number of rotatable bonds is 41. The van der Waals surface area contributed by atoms with Crippen molar-refractivity contribution in [2.24, 2.45) is 22.9 Å². The smallest absolute Gasteiger partial charge is 0.220 e. The van der Waals surface area contributed by atoms with Gasteiger partial charge in [-0.15, -0.1) is 0 Å². The average molecular weight is 935 g/mol. The van der Waals surface area contributed by atoms with Gasteiger partial charge in [-0.05, 0) is 66.0 Å². The van der Waals surface area contributed by atoms with Crippen LogP contribution in [-0.4, -0.2) is 218 Å². The number of carbonyl (C=O) groups excluding carboxylic acids is 4. The van der Waals surface area contributed by atoms with Gasteiger partial charge in [-0.1, -0.05) is 0 Å². The summed E-state index contributed by atoms with van der Waals surface area (Å²) >= 11 is 0. The Morgan fingerprint density at radius 2 is 0.650 bits per heavy atom. The van der Waals surface area contributed by atoms with Crippen LogP contribution in [0.15, 0.2) is 0 Å². The molecule has 0 fully saturated rings. The quantitative estimate of drug-likeness (QED) is 0.0239. The standard InChI is InChI=1S/C36H82N12O8P4/c1-45(29-57(53)25-7-33(49)41-15-3-11-37)19-21-47(31-59(55)27-9-35(51)43-17-5-13-39)23-24-48(32-60(56)28-10-36(52)44-18-6-14-40)22-20-46(2)30-58(54)26-8-34(50)42-16-4-12-38/h53-56H,3-32,37-40H2,1-2H3,(H,41,49)(H,42,50)(H,43,51)(H,44,52). The molecule has 16 N–H and O–H groups in total. The molecule has 0 heterocycles. The van der Waals surface area contributed by atoms with Crippen LogP contribution < -0.4 is 44.2 Å². The van der Waals surface area contributed by atoms with Crippen molar-refractivity contribution < 1.29 is 38.8 Å². The largest absolute Gasteiger partial charge is 0.372 e. The van der Waals surface area contributed by atoms with Gasteiger partial charge >= 0.3 is 0 Å². The molecule has 4 unspecified atom stereocenters. The minimum absolute atomic E-state index is 0.104. The normalized spacial score (nSPS) is 13.8. The van der Waals surface area contributed by atoms with E-state index in [1.807, 2.05) is 23.9 Å². The van der Waals surface area contributed by atoms with Crippen molar-refractivity contribution in [3.05, 3.63) is 0 Å². The van der Waals surface area contributed by atoms with Gasteiger partial charge in [0.1, 0.15) is 0 Å². The van der Waals surface area contributed by atoms with Crippen LogP contribution in [0.1, 0.15) is 51.4 Å². The van der Waals surface area contributed by atoms with Crippen LogP contribution in [0, 0.1) is 0 Å². The van der Waals surface area contributed by atoms with Crippen molar-refractivity contribution in [2.75, 3.05) is 156 Å². The van der Waals surface area contributed by atoms with Crippen molar-refractivity contribution in [2.45, 2.75) is 51.4 Å². The second kappa shape index (κ2) is 39.7. The highest BCUT2D eigenvalue weighted by Crippen LogP contribution is 2.34. The Hall–Kier alpha value is -0.880. The number of likely N-dealkylation sites (N-methyl/N-ethyl adjacent to an activating group) is 2. The SMILES string of the molecule is CN(CCN(CCN(CCN(C)CP(O)CCC(=O)NCCCN)CP(O)CCC(=O)NCCCN)CP(O)CCC(=O)NCCCN)CP(O)CCC(=O)NCCCN. The Morgan fingerprint density at radius 1 is 0.417 bits per heavy atom. The zero-order valence-corrected chi connectivity index (χ0v) is 40.1. The molecule has 0 aliphatic rings. The monoisotopic (exact) mass is 935 g/mol. The first-order chi connectivity index (χ1) is 28.7. The fraction of sp³-hybridized carbons (Fsp3) is 0.889. The van der Waals surface area contributed by atoms with Crippen LogP contribution >= 0.6 is 32.6 Å². The number of nitrogens with two attached hydrogens (primary N) is 4. The molecule has 0 aromatic carbocycles. The van der Waals surface area contributed by atoms with E-state index < -0.39 is 32.6 Å². The van der Waals surface area contributed by atoms with Crippen molar-refractivity contribution in [1.82, 2.24) is 40.9 Å². The van der Waals surface area contributed by atoms with Crippen molar-refractivity contribution in [3.8, 4) is 0 Å². The summed E-state index contributed by atoms with van der Waals surface area (Å²) in [7, 11) is -1.98. The molecule has 0 aromatic heterocycles. The summed E-state index contributed by atoms with van der Waals surface area (Å²) in [5.74, 6) is -0.463. The topological polar surface area (TPSA) is 314 Å². The zero-order valence-electron chi connectivity index (χ0n) is 36.5. The molecule has 4 amide bonds. The molecule has 60 heavy (non-hydrogen) atoms. The van der Waals surface area contributed by atoms with Crippen LogP contribution in [0.5, 0.6) is 0 Å². The average Bonchev–Trinajstić information content (AvgIpc) is 3.20. The van der Waals surface area contributed by atoms with E-state index in [4.69, 9.17) is 22.9 Å². The highest BCUT2D eigenvalue weighted by atomic mass is 31.1. The van der Waals surface area contributed by atoms with Crippen LogP contribution in [0.25, 0.3) is 0 Å². The molecule has 0 saturated carbocycles. The van der Waals surface area contributed by atoms with Crippen molar-refractivity contribution in [1.29, 1.82) is 0 Å². The number of carbonyl (C=O) groups is 4. The van der Waals surface area contributed by atoms with Gasteiger partial charge < -0.3 is 63.8 Å². The summed E-state index contributed by atoms with van der Waals surface area (Å²) in [6.07, 6.45) is 6.70. The van der Waals surface area contributed by atoms with E-state index in [2.05, 4.69) is 31.1 Å². The van der Waals surface area contributed by atoms with E-state index in [0.717, 1.165) is 0 Å². The number of nitrogens with zero attached hydrogens (tertiary/aromatic N) is 4. The Bertz CT molecular complexity index is 1040. The Labute approximate surface area is 364 Å². The van der Waals surface area contributed by atoms with E-state index in [1.165, 1.54) is 0 Å². The number of hydrogen-bond donors (Lipinski definition) is 12. The number of amides is 4. The van der Waals surface area contributed by atoms with Gasteiger partial charge in [0.05, 0.1) is 0 Å². The molecule has 0 aliphatic heterocycles. The Kier molecular flexibility index (Phi) is 39.1. The Morgan fingerprint density at radius 3 is 0.900 bits per heavy atom. The highest BCUT2D eigenvalue weighted by Gasteiger charge is 2.20. The lowest BCUT2D eigenvalue weighted by Gasteiger charge is -2.32. The third-order valence-corrected chi connectivity index (χ3v) is 15.1. The molecule has 0 bridgehead atoms. The predicted molar refractivity (Wildman–Crippen MR) is 249 cm³/mol. The lowest BCUT2D eigenvalue weighted by molar-refractivity contribution is -0.121. The maximum atomic E-state index is 12.4. The summed E-state index contributed by atoms with van der Waals surface area (Å²) < 4.78 is 0. The third-order valence-electron chi connectivity index (χ3n) is 9.06.